The van der Waals surface area contributed by atoms with Crippen molar-refractivity contribution in [2.45, 2.75) is 32.5 Å². The number of hydrogen-bond acceptors (Lipinski definition) is 3. The smallest absolute Gasteiger partial charge is 0.431 e. The third-order valence-electron chi connectivity index (χ3n) is 0.790. The van der Waals surface area contributed by atoms with E-state index in [0.717, 1.165) is 0 Å². The van der Waals surface area contributed by atoms with Crippen LogP contribution in [0.1, 0.15) is 20.8 Å². The van der Waals surface area contributed by atoms with Crippen LogP contribution in [-0.4, -0.2) is 24.5 Å². The van der Waals surface area contributed by atoms with Gasteiger partial charge in [-0.2, -0.15) is 18.7 Å². The standard InChI is InChI=1S/C7H12F3NO3/c1-6(2,3)14-5(12)11-13-4-7(8,9)10/h4H2,1-3H3,(H,11,12). The Bertz CT molecular complexity index is 197. The highest BCUT2D eigenvalue weighted by Gasteiger charge is 2.28. The fourth-order valence-corrected chi connectivity index (χ4v) is 0.476. The molecule has 0 aromatic carbocycles. The molecule has 0 aliphatic carbocycles. The van der Waals surface area contributed by atoms with Crippen molar-refractivity contribution < 1.29 is 27.5 Å². The lowest BCUT2D eigenvalue weighted by Crippen LogP contribution is -2.34. The van der Waals surface area contributed by atoms with E-state index in [9.17, 15) is 18.0 Å². The number of halogens is 3. The van der Waals surface area contributed by atoms with Gasteiger partial charge in [-0.1, -0.05) is 0 Å². The molecule has 0 unspecified atom stereocenters. The van der Waals surface area contributed by atoms with Crippen molar-refractivity contribution in [3.8, 4) is 0 Å². The first kappa shape index (κ1) is 13.0. The fraction of sp³-hybridized carbons (Fsp3) is 0.857. The van der Waals surface area contributed by atoms with Gasteiger partial charge in [0.1, 0.15) is 5.60 Å². The van der Waals surface area contributed by atoms with Crippen LogP contribution < -0.4 is 5.48 Å². The molecule has 7 heteroatoms. The minimum Gasteiger partial charge on any atom is -0.442 e. The Morgan fingerprint density at radius 3 is 2.14 bits per heavy atom. The molecule has 0 saturated heterocycles. The predicted molar refractivity (Wildman–Crippen MR) is 41.4 cm³/mol. The van der Waals surface area contributed by atoms with Gasteiger partial charge in [0.05, 0.1) is 0 Å². The lowest BCUT2D eigenvalue weighted by Gasteiger charge is -2.19. The van der Waals surface area contributed by atoms with Gasteiger partial charge in [0.15, 0.2) is 6.61 Å². The Balaban J connectivity index is 3.66. The molecule has 0 aliphatic heterocycles. The Morgan fingerprint density at radius 1 is 1.29 bits per heavy atom. The molecule has 0 bridgehead atoms. The molecular formula is C7H12F3NO3. The molecule has 0 radical (unpaired) electrons. The van der Waals surface area contributed by atoms with Crippen LogP contribution in [0.5, 0.6) is 0 Å². The summed E-state index contributed by atoms with van der Waals surface area (Å²) >= 11 is 0. The first-order chi connectivity index (χ1) is 6.10. The van der Waals surface area contributed by atoms with E-state index in [1.54, 1.807) is 20.8 Å². The fourth-order valence-electron chi connectivity index (χ4n) is 0.476. The van der Waals surface area contributed by atoms with E-state index in [1.165, 1.54) is 5.48 Å². The van der Waals surface area contributed by atoms with Crippen molar-refractivity contribution >= 4 is 6.09 Å². The number of nitrogens with one attached hydrogen (secondary N) is 1. The van der Waals surface area contributed by atoms with Crippen molar-refractivity contribution in [3.63, 3.8) is 0 Å². The van der Waals surface area contributed by atoms with Gasteiger partial charge in [-0.15, -0.1) is 0 Å². The van der Waals surface area contributed by atoms with E-state index in [1.807, 2.05) is 0 Å². The van der Waals surface area contributed by atoms with Crippen LogP contribution in [0.15, 0.2) is 0 Å². The lowest BCUT2D eigenvalue weighted by molar-refractivity contribution is -0.186. The number of hydrogen-bond donors (Lipinski definition) is 1. The minimum atomic E-state index is -4.48. The normalized spacial score (nSPS) is 12.4. The molecule has 1 amide bonds. The summed E-state index contributed by atoms with van der Waals surface area (Å²) in [5, 5.41) is 0. The first-order valence-electron chi connectivity index (χ1n) is 3.78. The monoisotopic (exact) mass is 215 g/mol. The van der Waals surface area contributed by atoms with Gasteiger partial charge in [-0.05, 0) is 20.8 Å². The summed E-state index contributed by atoms with van der Waals surface area (Å²) in [4.78, 5) is 14.6. The summed E-state index contributed by atoms with van der Waals surface area (Å²) in [5.41, 5.74) is 0.742. The number of carbonyl (C=O) groups is 1. The molecule has 0 heterocycles. The summed E-state index contributed by atoms with van der Waals surface area (Å²) in [6, 6.07) is 0. The van der Waals surface area contributed by atoms with Gasteiger partial charge in [0.25, 0.3) is 0 Å². The molecular weight excluding hydrogens is 203 g/mol. The largest absolute Gasteiger partial charge is 0.442 e. The van der Waals surface area contributed by atoms with E-state index in [0.29, 0.717) is 0 Å². The van der Waals surface area contributed by atoms with Crippen molar-refractivity contribution in [3.05, 3.63) is 0 Å². The van der Waals surface area contributed by atoms with Crippen LogP contribution in [0.4, 0.5) is 18.0 Å². The van der Waals surface area contributed by atoms with Crippen molar-refractivity contribution in [2.75, 3.05) is 6.61 Å². The second-order valence-corrected chi connectivity index (χ2v) is 3.51. The minimum absolute atomic E-state index is 0.772. The second kappa shape index (κ2) is 4.50. The van der Waals surface area contributed by atoms with Gasteiger partial charge in [-0.3, -0.25) is 4.84 Å². The topological polar surface area (TPSA) is 47.6 Å². The van der Waals surface area contributed by atoms with Gasteiger partial charge < -0.3 is 4.74 Å². The van der Waals surface area contributed by atoms with Gasteiger partial charge in [0.2, 0.25) is 0 Å². The number of carbonyl (C=O) groups excluding carboxylic acids is 1. The maximum absolute atomic E-state index is 11.5. The average Bonchev–Trinajstić information content (AvgIpc) is 1.78. The van der Waals surface area contributed by atoms with Gasteiger partial charge in [0, 0.05) is 0 Å². The van der Waals surface area contributed by atoms with Crippen LogP contribution in [0.3, 0.4) is 0 Å². The highest BCUT2D eigenvalue weighted by atomic mass is 19.4. The van der Waals surface area contributed by atoms with Crippen LogP contribution in [0.25, 0.3) is 0 Å². The average molecular weight is 215 g/mol. The third kappa shape index (κ3) is 9.11. The zero-order chi connectivity index (χ0) is 11.4. The van der Waals surface area contributed by atoms with Crippen LogP contribution in [0, 0.1) is 0 Å². The predicted octanol–water partition coefficient (Wildman–Crippen LogP) is 2.00. The number of hydroxylamine groups is 1. The maximum atomic E-state index is 11.5. The Kier molecular flexibility index (Phi) is 4.18. The Morgan fingerprint density at radius 2 is 1.79 bits per heavy atom. The van der Waals surface area contributed by atoms with Crippen LogP contribution in [0.2, 0.25) is 0 Å². The van der Waals surface area contributed by atoms with E-state index in [-0.39, 0.29) is 0 Å². The second-order valence-electron chi connectivity index (χ2n) is 3.51. The number of alkyl halides is 3. The van der Waals surface area contributed by atoms with Crippen LogP contribution >= 0.6 is 0 Å². The molecule has 0 aromatic heterocycles. The van der Waals surface area contributed by atoms with E-state index >= 15 is 0 Å². The van der Waals surface area contributed by atoms with Crippen LogP contribution in [-0.2, 0) is 9.57 Å². The number of ether oxygens (including phenoxy) is 1. The molecule has 0 fully saturated rings. The molecule has 0 atom stereocenters. The molecule has 1 N–H and O–H groups in total. The Hall–Kier alpha value is -0.980. The first-order valence-corrected chi connectivity index (χ1v) is 3.78. The highest BCUT2D eigenvalue weighted by Crippen LogP contribution is 2.13. The number of amides is 1. The molecule has 0 spiro atoms. The van der Waals surface area contributed by atoms with Gasteiger partial charge >= 0.3 is 12.3 Å². The summed E-state index contributed by atoms with van der Waals surface area (Å²) in [7, 11) is 0. The Labute approximate surface area is 79.3 Å². The third-order valence-corrected chi connectivity index (χ3v) is 0.790. The van der Waals surface area contributed by atoms with E-state index < -0.39 is 24.5 Å². The molecule has 0 rings (SSSR count). The lowest BCUT2D eigenvalue weighted by atomic mass is 10.2. The SMILES string of the molecule is CC(C)(C)OC(=O)NOCC(F)(F)F. The van der Waals surface area contributed by atoms with Crippen molar-refractivity contribution in [1.82, 2.24) is 5.48 Å². The summed E-state index contributed by atoms with van der Waals surface area (Å²) in [5.74, 6) is 0. The summed E-state index contributed by atoms with van der Waals surface area (Å²) in [6.07, 6.45) is -5.53. The van der Waals surface area contributed by atoms with Crippen molar-refractivity contribution in [1.29, 1.82) is 0 Å². The molecule has 84 valence electrons. The molecule has 0 aromatic rings. The zero-order valence-corrected chi connectivity index (χ0v) is 8.07. The highest BCUT2D eigenvalue weighted by molar-refractivity contribution is 5.66. The van der Waals surface area contributed by atoms with Crippen molar-refractivity contribution in [2.24, 2.45) is 0 Å². The van der Waals surface area contributed by atoms with Gasteiger partial charge in [-0.25, -0.2) is 4.79 Å². The maximum Gasteiger partial charge on any atom is 0.431 e. The molecule has 0 saturated carbocycles. The van der Waals surface area contributed by atoms with E-state index in [4.69, 9.17) is 0 Å². The quantitative estimate of drug-likeness (QED) is 0.716. The zero-order valence-electron chi connectivity index (χ0n) is 8.07. The molecule has 4 nitrogen and oxygen atoms in total. The number of rotatable bonds is 2. The molecule has 14 heavy (non-hydrogen) atoms. The summed E-state index contributed by atoms with van der Waals surface area (Å²) < 4.78 is 39.2. The molecule has 0 aliphatic rings. The summed E-state index contributed by atoms with van der Waals surface area (Å²) in [6.45, 7) is 3.19. The van der Waals surface area contributed by atoms with E-state index in [2.05, 4.69) is 9.57 Å².